The van der Waals surface area contributed by atoms with Crippen LogP contribution in [-0.4, -0.2) is 54.3 Å². The van der Waals surface area contributed by atoms with Crippen molar-refractivity contribution in [3.63, 3.8) is 0 Å². The fourth-order valence-corrected chi connectivity index (χ4v) is 3.55. The maximum absolute atomic E-state index is 13.8. The van der Waals surface area contributed by atoms with Crippen LogP contribution in [0.25, 0.3) is 11.3 Å². The second-order valence-electron chi connectivity index (χ2n) is 7.95. The van der Waals surface area contributed by atoms with Crippen molar-refractivity contribution in [2.45, 2.75) is 25.9 Å². The molecule has 0 aliphatic carbocycles. The van der Waals surface area contributed by atoms with E-state index in [4.69, 9.17) is 20.9 Å². The number of alkyl halides is 2. The number of amides is 2. The normalized spacial score (nSPS) is 11.9. The van der Waals surface area contributed by atoms with Crippen LogP contribution < -0.4 is 16.1 Å². The smallest absolute Gasteiger partial charge is 0.412 e. The summed E-state index contributed by atoms with van der Waals surface area (Å²) in [6.07, 6.45) is -3.62. The molecular formula is C24H24ClF4N5O4. The lowest BCUT2D eigenvalue weighted by molar-refractivity contribution is -0.136. The van der Waals surface area contributed by atoms with Gasteiger partial charge in [0.2, 0.25) is 5.91 Å². The van der Waals surface area contributed by atoms with Crippen LogP contribution in [0.1, 0.15) is 12.5 Å². The Morgan fingerprint density at radius 3 is 2.61 bits per heavy atom. The van der Waals surface area contributed by atoms with E-state index in [0.29, 0.717) is 11.1 Å². The quantitative estimate of drug-likeness (QED) is 0.221. The van der Waals surface area contributed by atoms with Gasteiger partial charge in [0.1, 0.15) is 18.2 Å². The van der Waals surface area contributed by atoms with Crippen molar-refractivity contribution in [2.75, 3.05) is 25.0 Å². The molecule has 3 N–H and O–H groups in total. The molecule has 0 saturated heterocycles. The number of hydrogen-bond acceptors (Lipinski definition) is 7. The van der Waals surface area contributed by atoms with E-state index in [2.05, 4.69) is 21.2 Å². The van der Waals surface area contributed by atoms with Gasteiger partial charge in [-0.1, -0.05) is 41.0 Å². The summed E-state index contributed by atoms with van der Waals surface area (Å²) in [7, 11) is 0. The van der Waals surface area contributed by atoms with Crippen LogP contribution in [0.15, 0.2) is 53.1 Å². The molecule has 1 atom stereocenters. The summed E-state index contributed by atoms with van der Waals surface area (Å²) in [5, 5.41) is 9.44. The zero-order chi connectivity index (χ0) is 27.7. The minimum absolute atomic E-state index is 0.0241. The Bertz CT molecular complexity index is 1250. The van der Waals surface area contributed by atoms with E-state index in [-0.39, 0.29) is 29.7 Å². The predicted octanol–water partition coefficient (Wildman–Crippen LogP) is 4.60. The summed E-state index contributed by atoms with van der Waals surface area (Å²) in [5.41, 5.74) is 3.51. The van der Waals surface area contributed by atoms with E-state index in [9.17, 15) is 27.2 Å². The first-order chi connectivity index (χ1) is 18.1. The molecule has 0 spiro atoms. The first-order valence-electron chi connectivity index (χ1n) is 11.3. The van der Waals surface area contributed by atoms with Crippen LogP contribution in [0.2, 0.25) is 5.02 Å². The summed E-state index contributed by atoms with van der Waals surface area (Å²) in [4.78, 5) is 24.7. The number of hydrogen-bond donors (Lipinski definition) is 3. The van der Waals surface area contributed by atoms with Gasteiger partial charge in [-0.25, -0.2) is 27.8 Å². The molecule has 0 radical (unpaired) electrons. The van der Waals surface area contributed by atoms with E-state index in [1.54, 1.807) is 12.1 Å². The first-order valence-corrected chi connectivity index (χ1v) is 11.6. The fraction of sp³-hybridized carbons (Fsp3) is 0.292. The van der Waals surface area contributed by atoms with Crippen molar-refractivity contribution in [1.82, 2.24) is 20.9 Å². The molecule has 1 heterocycles. The Morgan fingerprint density at radius 1 is 1.13 bits per heavy atom. The molecule has 2 aromatic carbocycles. The molecule has 38 heavy (non-hydrogen) atoms. The lowest BCUT2D eigenvalue weighted by atomic mass is 10.2. The minimum Gasteiger partial charge on any atom is -0.447 e. The van der Waals surface area contributed by atoms with E-state index >= 15 is 0 Å². The largest absolute Gasteiger partial charge is 0.447 e. The molecule has 0 aliphatic rings. The third-order valence-electron chi connectivity index (χ3n) is 5.11. The minimum atomic E-state index is -2.65. The molecule has 204 valence electrons. The van der Waals surface area contributed by atoms with Gasteiger partial charge in [-0.3, -0.25) is 15.1 Å². The monoisotopic (exact) mass is 557 g/mol. The Kier molecular flexibility index (Phi) is 10.4. The summed E-state index contributed by atoms with van der Waals surface area (Å²) in [6, 6.07) is 10.1. The Morgan fingerprint density at radius 2 is 1.89 bits per heavy atom. The van der Waals surface area contributed by atoms with Crippen molar-refractivity contribution < 1.29 is 36.4 Å². The highest BCUT2D eigenvalue weighted by molar-refractivity contribution is 6.31. The summed E-state index contributed by atoms with van der Waals surface area (Å²) in [5.74, 6) is -1.49. The summed E-state index contributed by atoms with van der Waals surface area (Å²) < 4.78 is 62.8. The van der Waals surface area contributed by atoms with Crippen molar-refractivity contribution >= 4 is 29.4 Å². The average Bonchev–Trinajstić information content (AvgIpc) is 3.32. The molecule has 0 saturated carbocycles. The second-order valence-corrected chi connectivity index (χ2v) is 8.33. The SMILES string of the molecule is CC(=O)N(NCc1cccc(F)c1Cl)[C@@H](CNCC(F)F)COC(=O)Nc1cc(-c2cccc(F)c2)on1. The molecule has 0 aliphatic heterocycles. The molecular weight excluding hydrogens is 534 g/mol. The topological polar surface area (TPSA) is 109 Å². The van der Waals surface area contributed by atoms with E-state index in [1.165, 1.54) is 43.3 Å². The number of halogens is 5. The molecule has 2 amide bonds. The first kappa shape index (κ1) is 28.9. The van der Waals surface area contributed by atoms with Crippen LogP contribution in [0, 0.1) is 11.6 Å². The van der Waals surface area contributed by atoms with E-state index < -0.39 is 49.3 Å². The van der Waals surface area contributed by atoms with Crippen molar-refractivity contribution in [3.05, 3.63) is 70.8 Å². The molecule has 3 rings (SSSR count). The lowest BCUT2D eigenvalue weighted by Gasteiger charge is -2.31. The number of aromatic nitrogens is 1. The van der Waals surface area contributed by atoms with Crippen LogP contribution >= 0.6 is 11.6 Å². The number of carbonyl (C=O) groups excluding carboxylic acids is 2. The van der Waals surface area contributed by atoms with Gasteiger partial charge in [0.25, 0.3) is 6.43 Å². The second kappa shape index (κ2) is 13.7. The van der Waals surface area contributed by atoms with Gasteiger partial charge in [-0.2, -0.15) is 0 Å². The van der Waals surface area contributed by atoms with Gasteiger partial charge in [0.15, 0.2) is 11.6 Å². The number of nitrogens with one attached hydrogen (secondary N) is 3. The highest BCUT2D eigenvalue weighted by Gasteiger charge is 2.24. The Labute approximate surface area is 220 Å². The molecule has 14 heteroatoms. The van der Waals surface area contributed by atoms with E-state index in [0.717, 1.165) is 5.01 Å². The number of nitrogens with zero attached hydrogens (tertiary/aromatic N) is 2. The maximum Gasteiger partial charge on any atom is 0.412 e. The Balaban J connectivity index is 1.64. The molecule has 0 unspecified atom stereocenters. The van der Waals surface area contributed by atoms with E-state index in [1.807, 2.05) is 0 Å². The highest BCUT2D eigenvalue weighted by atomic mass is 35.5. The van der Waals surface area contributed by atoms with Gasteiger partial charge in [0, 0.05) is 31.6 Å². The van der Waals surface area contributed by atoms with Crippen molar-refractivity contribution in [3.8, 4) is 11.3 Å². The molecule has 0 fully saturated rings. The summed E-state index contributed by atoms with van der Waals surface area (Å²) in [6.45, 7) is -0.111. The highest BCUT2D eigenvalue weighted by Crippen LogP contribution is 2.23. The van der Waals surface area contributed by atoms with Crippen molar-refractivity contribution in [1.29, 1.82) is 0 Å². The zero-order valence-electron chi connectivity index (χ0n) is 20.0. The fourth-order valence-electron chi connectivity index (χ4n) is 3.36. The van der Waals surface area contributed by atoms with Crippen LogP contribution in [-0.2, 0) is 16.1 Å². The van der Waals surface area contributed by atoms with Gasteiger partial charge >= 0.3 is 6.09 Å². The standard InChI is InChI=1S/C24H24ClF4N5O4/c1-14(35)34(31-10-16-5-3-7-19(27)23(16)25)18(11-30-12-21(28)29)13-37-24(36)32-22-9-20(38-33-22)15-4-2-6-17(26)8-15/h2-9,18,21,30-31H,10-13H2,1H3,(H,32,33,36)/t18-/m0/s1. The van der Waals surface area contributed by atoms with Crippen LogP contribution in [0.3, 0.4) is 0 Å². The number of anilines is 1. The van der Waals surface area contributed by atoms with Crippen LogP contribution in [0.4, 0.5) is 28.2 Å². The number of benzene rings is 2. The lowest BCUT2D eigenvalue weighted by Crippen LogP contribution is -2.54. The summed E-state index contributed by atoms with van der Waals surface area (Å²) >= 11 is 5.96. The van der Waals surface area contributed by atoms with Gasteiger partial charge < -0.3 is 14.6 Å². The molecule has 3 aromatic rings. The van der Waals surface area contributed by atoms with Gasteiger partial charge in [-0.15, -0.1) is 0 Å². The zero-order valence-corrected chi connectivity index (χ0v) is 20.8. The third-order valence-corrected chi connectivity index (χ3v) is 5.53. The molecule has 0 bridgehead atoms. The predicted molar refractivity (Wildman–Crippen MR) is 130 cm³/mol. The molecule has 9 nitrogen and oxygen atoms in total. The number of rotatable bonds is 12. The number of hydrazine groups is 1. The Hall–Kier alpha value is -3.68. The van der Waals surface area contributed by atoms with Gasteiger partial charge in [-0.05, 0) is 23.8 Å². The molecule has 1 aromatic heterocycles. The van der Waals surface area contributed by atoms with Gasteiger partial charge in [0.05, 0.1) is 17.6 Å². The van der Waals surface area contributed by atoms with Crippen molar-refractivity contribution in [2.24, 2.45) is 0 Å². The van der Waals surface area contributed by atoms with Crippen LogP contribution in [0.5, 0.6) is 0 Å². The number of ether oxygens (including phenoxy) is 1. The maximum atomic E-state index is 13.8. The average molecular weight is 558 g/mol. The number of carbonyl (C=O) groups is 2. The third kappa shape index (κ3) is 8.43.